The van der Waals surface area contributed by atoms with Crippen LogP contribution in [0.2, 0.25) is 0 Å². The standard InChI is InChI=1S/C28H32F3N5O4S/c1-19-17-26(2,3)35(18-19)24-21(25(37)34-41(38,39)20-7-5-4-6-8-20)9-10-22(32-24)36-15-11-23(33-36)40-16-14-27(12-13-27)28(29,30)31/h4-11,15,19H,12-14,16-18H2,1-3H3,(H,34,37)/t19-/m0/s1. The summed E-state index contributed by atoms with van der Waals surface area (Å²) < 4.78 is 74.4. The summed E-state index contributed by atoms with van der Waals surface area (Å²) in [7, 11) is -4.12. The van der Waals surface area contributed by atoms with Crippen LogP contribution in [0.5, 0.6) is 5.88 Å². The van der Waals surface area contributed by atoms with Crippen LogP contribution in [0.1, 0.15) is 56.8 Å². The number of alkyl halides is 3. The lowest BCUT2D eigenvalue weighted by molar-refractivity contribution is -0.190. The highest BCUT2D eigenvalue weighted by molar-refractivity contribution is 7.90. The van der Waals surface area contributed by atoms with Crippen molar-refractivity contribution in [1.29, 1.82) is 0 Å². The molecule has 0 radical (unpaired) electrons. The van der Waals surface area contributed by atoms with E-state index in [0.717, 1.165) is 6.42 Å². The monoisotopic (exact) mass is 591 g/mol. The van der Waals surface area contributed by atoms with Gasteiger partial charge in [0.1, 0.15) is 5.82 Å². The number of benzene rings is 1. The number of hydrogen-bond acceptors (Lipinski definition) is 7. The van der Waals surface area contributed by atoms with Crippen molar-refractivity contribution in [3.63, 3.8) is 0 Å². The molecule has 2 fully saturated rings. The Kier molecular flexibility index (Phi) is 7.29. The fourth-order valence-corrected chi connectivity index (χ4v) is 6.42. The van der Waals surface area contributed by atoms with Crippen molar-refractivity contribution in [2.24, 2.45) is 11.3 Å². The van der Waals surface area contributed by atoms with Crippen molar-refractivity contribution >= 4 is 21.7 Å². The second kappa shape index (κ2) is 10.3. The molecule has 0 unspecified atom stereocenters. The molecule has 13 heteroatoms. The Morgan fingerprint density at radius 3 is 2.44 bits per heavy atom. The number of sulfonamides is 1. The molecule has 1 saturated carbocycles. The maximum Gasteiger partial charge on any atom is 0.394 e. The molecule has 1 amide bonds. The lowest BCUT2D eigenvalue weighted by Gasteiger charge is -2.34. The first-order valence-electron chi connectivity index (χ1n) is 13.4. The summed E-state index contributed by atoms with van der Waals surface area (Å²) >= 11 is 0. The molecular weight excluding hydrogens is 559 g/mol. The molecule has 1 N–H and O–H groups in total. The third-order valence-electron chi connectivity index (χ3n) is 7.80. The average Bonchev–Trinajstić information content (AvgIpc) is 3.47. The van der Waals surface area contributed by atoms with Crippen molar-refractivity contribution in [2.75, 3.05) is 18.1 Å². The van der Waals surface area contributed by atoms with Gasteiger partial charge < -0.3 is 9.64 Å². The van der Waals surface area contributed by atoms with E-state index in [9.17, 15) is 26.4 Å². The number of carbonyl (C=O) groups is 1. The van der Waals surface area contributed by atoms with Gasteiger partial charge in [-0.05, 0) is 69.7 Å². The van der Waals surface area contributed by atoms with Gasteiger partial charge in [0.05, 0.1) is 22.5 Å². The zero-order chi connectivity index (χ0) is 29.6. The summed E-state index contributed by atoms with van der Waals surface area (Å²) in [5, 5.41) is 4.31. The lowest BCUT2D eigenvalue weighted by Crippen LogP contribution is -2.41. The smallest absolute Gasteiger partial charge is 0.394 e. The van der Waals surface area contributed by atoms with E-state index in [-0.39, 0.29) is 47.7 Å². The van der Waals surface area contributed by atoms with Crippen LogP contribution < -0.4 is 14.4 Å². The summed E-state index contributed by atoms with van der Waals surface area (Å²) in [5.74, 6) is 0.271. The van der Waals surface area contributed by atoms with Crippen LogP contribution in [0.15, 0.2) is 59.6 Å². The van der Waals surface area contributed by atoms with Crippen LogP contribution in [0.4, 0.5) is 19.0 Å². The van der Waals surface area contributed by atoms with E-state index in [1.54, 1.807) is 24.4 Å². The van der Waals surface area contributed by atoms with Crippen LogP contribution >= 0.6 is 0 Å². The second-order valence-electron chi connectivity index (χ2n) is 11.5. The van der Waals surface area contributed by atoms with Gasteiger partial charge >= 0.3 is 6.18 Å². The Hall–Kier alpha value is -3.61. The van der Waals surface area contributed by atoms with Crippen LogP contribution in [0.25, 0.3) is 5.82 Å². The minimum atomic E-state index is -4.24. The molecule has 9 nitrogen and oxygen atoms in total. The number of pyridine rings is 1. The highest BCUT2D eigenvalue weighted by atomic mass is 32.2. The van der Waals surface area contributed by atoms with E-state index in [1.165, 1.54) is 35.0 Å². The van der Waals surface area contributed by atoms with Gasteiger partial charge in [0.2, 0.25) is 5.88 Å². The first-order valence-corrected chi connectivity index (χ1v) is 14.9. The largest absolute Gasteiger partial charge is 0.477 e. The van der Waals surface area contributed by atoms with Gasteiger partial charge in [0, 0.05) is 24.3 Å². The number of carbonyl (C=O) groups excluding carboxylic acids is 1. The van der Waals surface area contributed by atoms with Crippen molar-refractivity contribution in [2.45, 2.75) is 63.1 Å². The summed E-state index contributed by atoms with van der Waals surface area (Å²) in [6.45, 7) is 6.63. The molecule has 0 bridgehead atoms. The van der Waals surface area contributed by atoms with E-state index in [4.69, 9.17) is 9.72 Å². The molecule has 2 aliphatic rings. The number of ether oxygens (including phenoxy) is 1. The SMILES string of the molecule is C[C@@H]1CN(c2nc(-n3ccc(OCCC4(C(F)(F)F)CC4)n3)ccc2C(=O)NS(=O)(=O)c2ccccc2)C(C)(C)C1. The van der Waals surface area contributed by atoms with E-state index < -0.39 is 27.5 Å². The maximum atomic E-state index is 13.4. The third kappa shape index (κ3) is 5.90. The van der Waals surface area contributed by atoms with Crippen LogP contribution in [-0.2, 0) is 10.0 Å². The van der Waals surface area contributed by atoms with Crippen LogP contribution in [-0.4, -0.2) is 54.0 Å². The highest BCUT2D eigenvalue weighted by Gasteiger charge is 2.62. The molecule has 1 aromatic carbocycles. The van der Waals surface area contributed by atoms with Gasteiger partial charge in [-0.25, -0.2) is 22.8 Å². The summed E-state index contributed by atoms with van der Waals surface area (Å²) in [6, 6.07) is 12.2. The first kappa shape index (κ1) is 28.9. The number of rotatable bonds is 9. The Labute approximate surface area is 236 Å². The molecule has 5 rings (SSSR count). The van der Waals surface area contributed by atoms with Gasteiger partial charge in [-0.1, -0.05) is 25.1 Å². The number of nitrogens with one attached hydrogen (secondary N) is 1. The van der Waals surface area contributed by atoms with E-state index in [2.05, 4.69) is 16.7 Å². The van der Waals surface area contributed by atoms with Gasteiger partial charge in [-0.15, -0.1) is 5.10 Å². The third-order valence-corrected chi connectivity index (χ3v) is 9.15. The average molecular weight is 592 g/mol. The normalized spacial score (nSPS) is 19.7. The number of hydrogen-bond donors (Lipinski definition) is 1. The Morgan fingerprint density at radius 2 is 1.83 bits per heavy atom. The molecule has 1 aliphatic carbocycles. The quantitative estimate of drug-likeness (QED) is 0.368. The molecule has 41 heavy (non-hydrogen) atoms. The summed E-state index contributed by atoms with van der Waals surface area (Å²) in [5.41, 5.74) is -1.94. The van der Waals surface area contributed by atoms with Gasteiger partial charge in [-0.2, -0.15) is 13.2 Å². The number of nitrogens with zero attached hydrogens (tertiary/aromatic N) is 4. The molecule has 3 heterocycles. The Morgan fingerprint density at radius 1 is 1.12 bits per heavy atom. The molecule has 3 aromatic rings. The van der Waals surface area contributed by atoms with Crippen molar-refractivity contribution < 1.29 is 31.1 Å². The molecular formula is C28H32F3N5O4S. The Bertz CT molecular complexity index is 1540. The predicted molar refractivity (Wildman–Crippen MR) is 145 cm³/mol. The van der Waals surface area contributed by atoms with Crippen molar-refractivity contribution in [3.05, 3.63) is 60.3 Å². The first-order chi connectivity index (χ1) is 19.2. The second-order valence-corrected chi connectivity index (χ2v) is 13.2. The molecule has 1 atom stereocenters. The fourth-order valence-electron chi connectivity index (χ4n) is 5.43. The van der Waals surface area contributed by atoms with E-state index in [1.807, 2.05) is 18.7 Å². The minimum absolute atomic E-state index is 0.0403. The Balaban J connectivity index is 1.40. The van der Waals surface area contributed by atoms with Gasteiger partial charge in [0.15, 0.2) is 5.82 Å². The molecule has 220 valence electrons. The topological polar surface area (TPSA) is 106 Å². The van der Waals surface area contributed by atoms with Crippen molar-refractivity contribution in [3.8, 4) is 11.7 Å². The van der Waals surface area contributed by atoms with Crippen LogP contribution in [0, 0.1) is 11.3 Å². The predicted octanol–water partition coefficient (Wildman–Crippen LogP) is 5.12. The lowest BCUT2D eigenvalue weighted by atomic mass is 9.97. The molecule has 2 aromatic heterocycles. The molecule has 0 spiro atoms. The van der Waals surface area contributed by atoms with E-state index >= 15 is 0 Å². The van der Waals surface area contributed by atoms with Gasteiger partial charge in [0.25, 0.3) is 15.9 Å². The van der Waals surface area contributed by atoms with Gasteiger partial charge in [-0.3, -0.25) is 4.79 Å². The number of halogens is 3. The fraction of sp³-hybridized carbons (Fsp3) is 0.464. The molecule has 1 saturated heterocycles. The maximum absolute atomic E-state index is 13.4. The zero-order valence-electron chi connectivity index (χ0n) is 23.0. The minimum Gasteiger partial charge on any atom is -0.477 e. The zero-order valence-corrected chi connectivity index (χ0v) is 23.8. The van der Waals surface area contributed by atoms with Crippen LogP contribution in [0.3, 0.4) is 0 Å². The number of anilines is 1. The number of amides is 1. The molecule has 1 aliphatic heterocycles. The van der Waals surface area contributed by atoms with E-state index in [0.29, 0.717) is 24.1 Å². The summed E-state index contributed by atoms with van der Waals surface area (Å²) in [6.07, 6.45) is -1.76. The highest BCUT2D eigenvalue weighted by Crippen LogP contribution is 2.59. The summed E-state index contributed by atoms with van der Waals surface area (Å²) in [4.78, 5) is 20.0. The number of aromatic nitrogens is 3. The van der Waals surface area contributed by atoms with Crippen molar-refractivity contribution in [1.82, 2.24) is 19.5 Å².